The lowest BCUT2D eigenvalue weighted by Crippen LogP contribution is -2.34. The summed E-state index contributed by atoms with van der Waals surface area (Å²) in [6.45, 7) is 2.19. The molecule has 29 heavy (non-hydrogen) atoms. The van der Waals surface area contributed by atoms with Crippen molar-refractivity contribution in [1.29, 1.82) is 0 Å². The van der Waals surface area contributed by atoms with Gasteiger partial charge in [-0.05, 0) is 38.7 Å². The number of carbonyl (C=O) groups excluding carboxylic acids is 1. The van der Waals surface area contributed by atoms with Crippen molar-refractivity contribution in [2.24, 2.45) is 0 Å². The molecule has 0 saturated heterocycles. The fourth-order valence-electron chi connectivity index (χ4n) is 3.41. The molecule has 2 rings (SSSR count). The first kappa shape index (κ1) is 24.6. The van der Waals surface area contributed by atoms with E-state index in [1.165, 1.54) is 7.11 Å². The van der Waals surface area contributed by atoms with E-state index in [4.69, 9.17) is 4.74 Å². The van der Waals surface area contributed by atoms with Crippen molar-refractivity contribution in [2.75, 3.05) is 34.8 Å². The number of rotatable bonds is 6. The summed E-state index contributed by atoms with van der Waals surface area (Å²) in [6, 6.07) is 2.79. The number of halogens is 3. The molecular formula is C20H25ClF2N2O4. The minimum absolute atomic E-state index is 0. The van der Waals surface area contributed by atoms with Gasteiger partial charge in [0, 0.05) is 37.5 Å². The summed E-state index contributed by atoms with van der Waals surface area (Å²) in [5.74, 6) is -4.86. The summed E-state index contributed by atoms with van der Waals surface area (Å²) in [7, 11) is 6.58. The maximum Gasteiger partial charge on any atom is 0.336 e. The molecule has 0 aliphatic carbocycles. The van der Waals surface area contributed by atoms with E-state index in [1.807, 2.05) is 19.0 Å². The lowest BCUT2D eigenvalue weighted by atomic mass is 9.79. The fourth-order valence-corrected chi connectivity index (χ4v) is 3.41. The number of esters is 1. The Balaban J connectivity index is 0.00000420. The smallest absolute Gasteiger partial charge is 0.336 e. The molecular weight excluding hydrogens is 406 g/mol. The Labute approximate surface area is 174 Å². The Morgan fingerprint density at radius 1 is 1.17 bits per heavy atom. The Hall–Kier alpha value is -2.45. The van der Waals surface area contributed by atoms with Gasteiger partial charge in [-0.2, -0.15) is 0 Å². The number of hydrogen-bond donors (Lipinski definition) is 1. The zero-order valence-electron chi connectivity index (χ0n) is 17.0. The van der Waals surface area contributed by atoms with Crippen molar-refractivity contribution in [3.05, 3.63) is 57.9 Å². The van der Waals surface area contributed by atoms with Gasteiger partial charge in [0.2, 0.25) is 0 Å². The van der Waals surface area contributed by atoms with Gasteiger partial charge in [0.05, 0.1) is 24.2 Å². The molecule has 160 valence electrons. The predicted molar refractivity (Wildman–Crippen MR) is 107 cm³/mol. The Kier molecular flexibility index (Phi) is 8.35. The molecule has 0 bridgehead atoms. The van der Waals surface area contributed by atoms with Crippen LogP contribution in [0.3, 0.4) is 0 Å². The van der Waals surface area contributed by atoms with Gasteiger partial charge in [-0.25, -0.2) is 18.4 Å². The Morgan fingerprint density at radius 3 is 2.17 bits per heavy atom. The van der Waals surface area contributed by atoms with E-state index in [2.05, 4.69) is 0 Å². The first-order chi connectivity index (χ1) is 13.1. The zero-order valence-corrected chi connectivity index (χ0v) is 17.8. The van der Waals surface area contributed by atoms with Gasteiger partial charge in [-0.15, -0.1) is 12.4 Å². The second-order valence-corrected chi connectivity index (χ2v) is 6.90. The number of carboxylic acid groups (broad SMARTS) is 1. The van der Waals surface area contributed by atoms with E-state index in [1.54, 1.807) is 18.9 Å². The zero-order chi connectivity index (χ0) is 21.2. The highest BCUT2D eigenvalue weighted by Gasteiger charge is 2.40. The van der Waals surface area contributed by atoms with Crippen LogP contribution in [0, 0.1) is 11.6 Å². The van der Waals surface area contributed by atoms with Crippen LogP contribution in [-0.2, 0) is 14.3 Å². The third kappa shape index (κ3) is 5.13. The number of benzene rings is 1. The molecule has 1 unspecified atom stereocenters. The van der Waals surface area contributed by atoms with E-state index in [9.17, 15) is 23.5 Å². The summed E-state index contributed by atoms with van der Waals surface area (Å²) < 4.78 is 32.7. The largest absolute Gasteiger partial charge is 0.478 e. The van der Waals surface area contributed by atoms with E-state index in [-0.39, 0.29) is 29.1 Å². The molecule has 1 aliphatic heterocycles. The molecule has 0 spiro atoms. The van der Waals surface area contributed by atoms with E-state index in [0.717, 1.165) is 12.1 Å². The summed E-state index contributed by atoms with van der Waals surface area (Å²) in [5.41, 5.74) is 0.938. The van der Waals surface area contributed by atoms with Crippen LogP contribution < -0.4 is 0 Å². The first-order valence-corrected chi connectivity index (χ1v) is 8.68. The lowest BCUT2D eigenvalue weighted by molar-refractivity contribution is -0.136. The monoisotopic (exact) mass is 430 g/mol. The Bertz CT molecular complexity index is 848. The fraction of sp³-hybridized carbons (Fsp3) is 0.400. The number of carbonyl (C=O) groups is 2. The topological polar surface area (TPSA) is 70.1 Å². The summed E-state index contributed by atoms with van der Waals surface area (Å²) in [6.07, 6.45) is 0.423. The number of ether oxygens (including phenoxy) is 1. The highest BCUT2D eigenvalue weighted by atomic mass is 35.5. The van der Waals surface area contributed by atoms with Crippen molar-refractivity contribution < 1.29 is 28.2 Å². The molecule has 1 heterocycles. The highest BCUT2D eigenvalue weighted by Crippen LogP contribution is 2.43. The summed E-state index contributed by atoms with van der Waals surface area (Å²) in [4.78, 5) is 28.3. The SMILES string of the molecule is COC(=O)C1=C(CCN(C)C)N(C)C(C)=C(C(=O)O)C1c1cc(F)cc(F)c1.Cl. The van der Waals surface area contributed by atoms with E-state index in [0.29, 0.717) is 30.4 Å². The van der Waals surface area contributed by atoms with Crippen LogP contribution in [-0.4, -0.2) is 61.6 Å². The number of carboxylic acids is 1. The Morgan fingerprint density at radius 2 is 1.72 bits per heavy atom. The molecule has 0 radical (unpaired) electrons. The number of methoxy groups -OCH3 is 1. The number of nitrogens with zero attached hydrogens (tertiary/aromatic N) is 2. The van der Waals surface area contributed by atoms with Gasteiger partial charge in [-0.3, -0.25) is 0 Å². The molecule has 0 saturated carbocycles. The van der Waals surface area contributed by atoms with Crippen LogP contribution >= 0.6 is 12.4 Å². The lowest BCUT2D eigenvalue weighted by Gasteiger charge is -2.37. The van der Waals surface area contributed by atoms with Crippen molar-refractivity contribution in [3.63, 3.8) is 0 Å². The van der Waals surface area contributed by atoms with Crippen LogP contribution in [0.25, 0.3) is 0 Å². The molecule has 1 N–H and O–H groups in total. The third-order valence-electron chi connectivity index (χ3n) is 4.84. The van der Waals surface area contributed by atoms with Crippen LogP contribution in [0.15, 0.2) is 40.7 Å². The molecule has 1 aromatic carbocycles. The predicted octanol–water partition coefficient (Wildman–Crippen LogP) is 3.15. The third-order valence-corrected chi connectivity index (χ3v) is 4.84. The molecule has 0 aromatic heterocycles. The molecule has 6 nitrogen and oxygen atoms in total. The molecule has 0 fully saturated rings. The standard InChI is InChI=1S/C20H24F2N2O4.ClH/c1-11-16(19(25)26)17(12-8-13(21)10-14(22)9-12)18(20(27)28-5)15(24(11)4)6-7-23(2)3;/h8-10,17H,6-7H2,1-5H3,(H,25,26);1H. The van der Waals surface area contributed by atoms with Crippen molar-refractivity contribution in [2.45, 2.75) is 19.3 Å². The minimum Gasteiger partial charge on any atom is -0.478 e. The molecule has 1 aliphatic rings. The average Bonchev–Trinajstić information content (AvgIpc) is 2.60. The van der Waals surface area contributed by atoms with Crippen LogP contribution in [0.5, 0.6) is 0 Å². The molecule has 1 aromatic rings. The quantitative estimate of drug-likeness (QED) is 0.699. The van der Waals surface area contributed by atoms with Crippen molar-refractivity contribution in [1.82, 2.24) is 9.80 Å². The normalized spacial score (nSPS) is 16.8. The van der Waals surface area contributed by atoms with Gasteiger partial charge >= 0.3 is 11.9 Å². The first-order valence-electron chi connectivity index (χ1n) is 8.68. The minimum atomic E-state index is -1.27. The maximum atomic E-state index is 13.9. The molecule has 0 amide bonds. The number of aliphatic carboxylic acids is 1. The molecule has 9 heteroatoms. The van der Waals surface area contributed by atoms with Crippen molar-refractivity contribution in [3.8, 4) is 0 Å². The van der Waals surface area contributed by atoms with Crippen LogP contribution in [0.1, 0.15) is 24.8 Å². The second-order valence-electron chi connectivity index (χ2n) is 6.90. The molecule has 1 atom stereocenters. The highest BCUT2D eigenvalue weighted by molar-refractivity contribution is 5.99. The van der Waals surface area contributed by atoms with E-state index >= 15 is 0 Å². The van der Waals surface area contributed by atoms with Gasteiger partial charge < -0.3 is 19.6 Å². The maximum absolute atomic E-state index is 13.9. The van der Waals surface area contributed by atoms with Gasteiger partial charge in [-0.1, -0.05) is 0 Å². The second kappa shape index (κ2) is 9.84. The van der Waals surface area contributed by atoms with Gasteiger partial charge in [0.25, 0.3) is 0 Å². The average molecular weight is 431 g/mol. The van der Waals surface area contributed by atoms with E-state index < -0.39 is 29.5 Å². The van der Waals surface area contributed by atoms with Crippen molar-refractivity contribution >= 4 is 24.3 Å². The van der Waals surface area contributed by atoms with Crippen LogP contribution in [0.4, 0.5) is 8.78 Å². The summed E-state index contributed by atoms with van der Waals surface area (Å²) >= 11 is 0. The van der Waals surface area contributed by atoms with Crippen LogP contribution in [0.2, 0.25) is 0 Å². The van der Waals surface area contributed by atoms with Gasteiger partial charge in [0.15, 0.2) is 0 Å². The summed E-state index contributed by atoms with van der Waals surface area (Å²) in [5, 5.41) is 9.82. The number of allylic oxidation sites excluding steroid dienone is 1. The number of hydrogen-bond acceptors (Lipinski definition) is 5. The van der Waals surface area contributed by atoms with Gasteiger partial charge in [0.1, 0.15) is 11.6 Å².